The third-order valence-electron chi connectivity index (χ3n) is 4.49. The van der Waals surface area contributed by atoms with Crippen LogP contribution in [0.4, 0.5) is 0 Å². The minimum absolute atomic E-state index is 0.726. The molecule has 0 spiro atoms. The smallest absolute Gasteiger partial charge is 0.0964 e. The Balaban J connectivity index is 1.35. The van der Waals surface area contributed by atoms with Crippen molar-refractivity contribution in [2.75, 3.05) is 33.4 Å². The van der Waals surface area contributed by atoms with Crippen LogP contribution in [-0.4, -0.2) is 59.3 Å². The monoisotopic (exact) mass is 293 g/mol. The number of methoxy groups -OCH3 is 1. The molecule has 0 atom stereocenters. The summed E-state index contributed by atoms with van der Waals surface area (Å²) in [6, 6.07) is 0.726. The van der Waals surface area contributed by atoms with Gasteiger partial charge in [-0.05, 0) is 44.7 Å². The van der Waals surface area contributed by atoms with Gasteiger partial charge in [-0.1, -0.05) is 5.21 Å². The van der Waals surface area contributed by atoms with Gasteiger partial charge in [-0.25, -0.2) is 0 Å². The summed E-state index contributed by atoms with van der Waals surface area (Å²) in [5, 5.41) is 11.9. The first-order chi connectivity index (χ1) is 10.3. The van der Waals surface area contributed by atoms with Crippen LogP contribution >= 0.6 is 0 Å². The van der Waals surface area contributed by atoms with E-state index in [9.17, 15) is 0 Å². The zero-order valence-corrected chi connectivity index (χ0v) is 13.0. The third-order valence-corrected chi connectivity index (χ3v) is 4.49. The largest absolute Gasteiger partial charge is 0.384 e. The number of aromatic nitrogens is 3. The highest BCUT2D eigenvalue weighted by Gasteiger charge is 2.21. The van der Waals surface area contributed by atoms with Gasteiger partial charge in [-0.2, -0.15) is 0 Å². The van der Waals surface area contributed by atoms with Crippen molar-refractivity contribution in [2.24, 2.45) is 5.92 Å². The molecule has 1 aromatic rings. The lowest BCUT2D eigenvalue weighted by atomic mass is 9.98. The van der Waals surface area contributed by atoms with Gasteiger partial charge in [0.15, 0.2) is 0 Å². The molecule has 6 heteroatoms. The van der Waals surface area contributed by atoms with Gasteiger partial charge in [0.2, 0.25) is 0 Å². The summed E-state index contributed by atoms with van der Waals surface area (Å²) in [5.74, 6) is 0.748. The Morgan fingerprint density at radius 1 is 1.24 bits per heavy atom. The number of hydrogen-bond acceptors (Lipinski definition) is 5. The summed E-state index contributed by atoms with van der Waals surface area (Å²) < 4.78 is 7.22. The van der Waals surface area contributed by atoms with Crippen molar-refractivity contribution in [3.63, 3.8) is 0 Å². The summed E-state index contributed by atoms with van der Waals surface area (Å²) in [5.41, 5.74) is 1.06. The Hall–Kier alpha value is -0.980. The fourth-order valence-corrected chi connectivity index (χ4v) is 2.92. The maximum atomic E-state index is 5.25. The Labute approximate surface area is 126 Å². The number of ether oxygens (including phenoxy) is 1. The second kappa shape index (κ2) is 7.33. The summed E-state index contributed by atoms with van der Waals surface area (Å²) in [6.45, 7) is 6.13. The first-order valence-electron chi connectivity index (χ1n) is 8.17. The lowest BCUT2D eigenvalue weighted by molar-refractivity contribution is 0.0976. The van der Waals surface area contributed by atoms with Gasteiger partial charge in [0.25, 0.3) is 0 Å². The average molecular weight is 293 g/mol. The molecule has 1 aliphatic carbocycles. The summed E-state index contributed by atoms with van der Waals surface area (Å²) in [7, 11) is 1.80. The van der Waals surface area contributed by atoms with Crippen molar-refractivity contribution in [1.29, 1.82) is 0 Å². The quantitative estimate of drug-likeness (QED) is 0.771. The molecule has 1 aliphatic heterocycles. The first-order valence-corrected chi connectivity index (χ1v) is 8.17. The van der Waals surface area contributed by atoms with Crippen molar-refractivity contribution in [1.82, 2.24) is 25.2 Å². The average Bonchev–Trinajstić information content (AvgIpc) is 3.23. The van der Waals surface area contributed by atoms with Crippen LogP contribution in [0.25, 0.3) is 0 Å². The highest BCUT2D eigenvalue weighted by atomic mass is 16.5. The van der Waals surface area contributed by atoms with E-state index >= 15 is 0 Å². The minimum atomic E-state index is 0.726. The van der Waals surface area contributed by atoms with E-state index in [4.69, 9.17) is 4.74 Å². The number of rotatable bonds is 8. The molecule has 2 heterocycles. The van der Waals surface area contributed by atoms with Gasteiger partial charge in [-0.3, -0.25) is 4.68 Å². The lowest BCUT2D eigenvalue weighted by Crippen LogP contribution is -2.37. The Morgan fingerprint density at radius 3 is 2.76 bits per heavy atom. The van der Waals surface area contributed by atoms with Crippen LogP contribution in [0.1, 0.15) is 31.4 Å². The van der Waals surface area contributed by atoms with Crippen molar-refractivity contribution in [3.8, 4) is 0 Å². The Bertz CT molecular complexity index is 423. The molecule has 1 saturated heterocycles. The number of nitrogens with one attached hydrogen (secondary N) is 1. The van der Waals surface area contributed by atoms with E-state index in [0.29, 0.717) is 0 Å². The molecule has 6 nitrogen and oxygen atoms in total. The molecule has 0 amide bonds. The van der Waals surface area contributed by atoms with Crippen molar-refractivity contribution < 1.29 is 4.74 Å². The van der Waals surface area contributed by atoms with Crippen molar-refractivity contribution >= 4 is 0 Å². The molecule has 1 N–H and O–H groups in total. The molecule has 2 aliphatic rings. The first kappa shape index (κ1) is 14.9. The van der Waals surface area contributed by atoms with Gasteiger partial charge in [0.05, 0.1) is 12.2 Å². The number of piperidine rings is 1. The highest BCUT2D eigenvalue weighted by Crippen LogP contribution is 2.19. The molecule has 0 radical (unpaired) electrons. The second-order valence-electron chi connectivity index (χ2n) is 6.37. The molecule has 21 heavy (non-hydrogen) atoms. The van der Waals surface area contributed by atoms with Crippen LogP contribution in [0.5, 0.6) is 0 Å². The third kappa shape index (κ3) is 4.76. The maximum absolute atomic E-state index is 5.25. The fourth-order valence-electron chi connectivity index (χ4n) is 2.92. The van der Waals surface area contributed by atoms with Crippen LogP contribution in [0.2, 0.25) is 0 Å². The van der Waals surface area contributed by atoms with Crippen LogP contribution in [0, 0.1) is 5.92 Å². The molecule has 1 saturated carbocycles. The van der Waals surface area contributed by atoms with E-state index in [-0.39, 0.29) is 0 Å². The predicted molar refractivity (Wildman–Crippen MR) is 80.9 cm³/mol. The second-order valence-corrected chi connectivity index (χ2v) is 6.37. The maximum Gasteiger partial charge on any atom is 0.0964 e. The summed E-state index contributed by atoms with van der Waals surface area (Å²) in [6.07, 6.45) is 7.21. The van der Waals surface area contributed by atoms with E-state index in [1.807, 2.05) is 4.68 Å². The van der Waals surface area contributed by atoms with Crippen LogP contribution in [0.15, 0.2) is 6.20 Å². The Morgan fingerprint density at radius 2 is 2.05 bits per heavy atom. The zero-order chi connectivity index (χ0) is 14.5. The fraction of sp³-hybridized carbons (Fsp3) is 0.867. The van der Waals surface area contributed by atoms with Gasteiger partial charge in [0, 0.05) is 39.0 Å². The van der Waals surface area contributed by atoms with Crippen molar-refractivity contribution in [3.05, 3.63) is 11.9 Å². The predicted octanol–water partition coefficient (Wildman–Crippen LogP) is 0.889. The SMILES string of the molecule is COCC1CCN(CCn2cc(CNC3CC3)nn2)CC1. The van der Waals surface area contributed by atoms with Crippen LogP contribution in [0.3, 0.4) is 0 Å². The van der Waals surface area contributed by atoms with Gasteiger partial charge in [-0.15, -0.1) is 5.10 Å². The normalized spacial score (nSPS) is 21.0. The molecule has 118 valence electrons. The van der Waals surface area contributed by atoms with E-state index in [2.05, 4.69) is 26.7 Å². The number of hydrogen-bond donors (Lipinski definition) is 1. The van der Waals surface area contributed by atoms with Gasteiger partial charge >= 0.3 is 0 Å². The zero-order valence-electron chi connectivity index (χ0n) is 13.0. The molecular formula is C15H27N5O. The van der Waals surface area contributed by atoms with E-state index in [1.54, 1.807) is 7.11 Å². The molecule has 0 aromatic carbocycles. The van der Waals surface area contributed by atoms with Gasteiger partial charge in [0.1, 0.15) is 0 Å². The van der Waals surface area contributed by atoms with E-state index in [1.165, 1.54) is 38.8 Å². The molecule has 0 unspecified atom stereocenters. The lowest BCUT2D eigenvalue weighted by Gasteiger charge is -2.31. The topological polar surface area (TPSA) is 55.2 Å². The van der Waals surface area contributed by atoms with E-state index < -0.39 is 0 Å². The number of nitrogens with zero attached hydrogens (tertiary/aromatic N) is 4. The minimum Gasteiger partial charge on any atom is -0.384 e. The standard InChI is InChI=1S/C15H27N5O/c1-21-12-13-4-6-19(7-5-13)8-9-20-11-15(17-18-20)10-16-14-2-3-14/h11,13-14,16H,2-10,12H2,1H3. The molecule has 0 bridgehead atoms. The molecular weight excluding hydrogens is 266 g/mol. The Kier molecular flexibility index (Phi) is 5.22. The van der Waals surface area contributed by atoms with E-state index in [0.717, 1.165) is 43.9 Å². The summed E-state index contributed by atoms with van der Waals surface area (Å²) in [4.78, 5) is 2.52. The summed E-state index contributed by atoms with van der Waals surface area (Å²) >= 11 is 0. The van der Waals surface area contributed by atoms with Gasteiger partial charge < -0.3 is 15.0 Å². The van der Waals surface area contributed by atoms with Crippen LogP contribution < -0.4 is 5.32 Å². The molecule has 3 rings (SSSR count). The van der Waals surface area contributed by atoms with Crippen LogP contribution in [-0.2, 0) is 17.8 Å². The molecule has 1 aromatic heterocycles. The highest BCUT2D eigenvalue weighted by molar-refractivity contribution is 4.94. The molecule has 2 fully saturated rings. The number of likely N-dealkylation sites (tertiary alicyclic amines) is 1. The van der Waals surface area contributed by atoms with Crippen molar-refractivity contribution in [2.45, 2.75) is 44.8 Å².